The molecular formula is C29H26ClF3N6O3S. The zero-order valence-electron chi connectivity index (χ0n) is 22.8. The summed E-state index contributed by atoms with van der Waals surface area (Å²) in [5, 5.41) is 13.3. The van der Waals surface area contributed by atoms with Crippen LogP contribution in [-0.2, 0) is 11.4 Å². The molecule has 0 aliphatic carbocycles. The van der Waals surface area contributed by atoms with E-state index < -0.39 is 12.1 Å². The molecule has 43 heavy (non-hydrogen) atoms. The largest absolute Gasteiger partial charge is 0.490 e. The fourth-order valence-corrected chi connectivity index (χ4v) is 5.73. The molecule has 3 aromatic heterocycles. The van der Waals surface area contributed by atoms with Crippen molar-refractivity contribution in [2.45, 2.75) is 12.8 Å². The minimum Gasteiger partial charge on any atom is -0.486 e. The lowest BCUT2D eigenvalue weighted by molar-refractivity contribution is -0.192. The van der Waals surface area contributed by atoms with Crippen LogP contribution in [0.3, 0.4) is 0 Å². The molecule has 6 rings (SSSR count). The molecule has 14 heteroatoms. The zero-order chi connectivity index (χ0) is 30.6. The molecule has 1 saturated heterocycles. The number of halogens is 4. The second kappa shape index (κ2) is 13.0. The number of anilines is 3. The number of piperazine rings is 1. The van der Waals surface area contributed by atoms with Crippen LogP contribution >= 0.6 is 22.9 Å². The molecule has 5 aromatic rings. The molecule has 1 aliphatic heterocycles. The van der Waals surface area contributed by atoms with Gasteiger partial charge in [-0.05, 0) is 49.5 Å². The van der Waals surface area contributed by atoms with Gasteiger partial charge < -0.3 is 25.0 Å². The lowest BCUT2D eigenvalue weighted by Gasteiger charge is -2.34. The number of benzene rings is 2. The molecule has 0 bridgehead atoms. The van der Waals surface area contributed by atoms with Gasteiger partial charge in [0.2, 0.25) is 0 Å². The number of carboxylic acids is 1. The van der Waals surface area contributed by atoms with Crippen LogP contribution in [-0.4, -0.2) is 70.3 Å². The molecule has 2 N–H and O–H groups in total. The fourth-order valence-electron chi connectivity index (χ4n) is 4.42. The van der Waals surface area contributed by atoms with Crippen LogP contribution in [0.5, 0.6) is 5.75 Å². The quantitative estimate of drug-likeness (QED) is 0.215. The van der Waals surface area contributed by atoms with E-state index in [9.17, 15) is 13.2 Å². The van der Waals surface area contributed by atoms with Gasteiger partial charge in [-0.2, -0.15) is 13.2 Å². The molecule has 0 saturated carbocycles. The van der Waals surface area contributed by atoms with Gasteiger partial charge in [-0.25, -0.2) is 14.8 Å². The van der Waals surface area contributed by atoms with E-state index in [0.29, 0.717) is 17.4 Å². The number of alkyl halides is 3. The maximum absolute atomic E-state index is 10.6. The van der Waals surface area contributed by atoms with E-state index >= 15 is 0 Å². The van der Waals surface area contributed by atoms with Crippen LogP contribution in [0.25, 0.3) is 20.3 Å². The van der Waals surface area contributed by atoms with Gasteiger partial charge in [-0.3, -0.25) is 4.98 Å². The molecule has 2 aromatic carbocycles. The summed E-state index contributed by atoms with van der Waals surface area (Å²) in [7, 11) is 2.18. The van der Waals surface area contributed by atoms with Gasteiger partial charge >= 0.3 is 12.1 Å². The highest BCUT2D eigenvalue weighted by Crippen LogP contribution is 2.39. The highest BCUT2D eigenvalue weighted by Gasteiger charge is 2.38. The number of aliphatic carboxylic acids is 1. The van der Waals surface area contributed by atoms with Crippen LogP contribution in [0.2, 0.25) is 5.02 Å². The summed E-state index contributed by atoms with van der Waals surface area (Å²) in [6.07, 6.45) is -1.73. The maximum Gasteiger partial charge on any atom is 0.490 e. The molecule has 0 spiro atoms. The lowest BCUT2D eigenvalue weighted by Crippen LogP contribution is -2.44. The van der Waals surface area contributed by atoms with E-state index in [1.54, 1.807) is 23.9 Å². The van der Waals surface area contributed by atoms with Crippen LogP contribution in [0.4, 0.5) is 30.4 Å². The van der Waals surface area contributed by atoms with Crippen molar-refractivity contribution in [3.05, 3.63) is 77.8 Å². The van der Waals surface area contributed by atoms with Crippen molar-refractivity contribution in [2.24, 2.45) is 0 Å². The van der Waals surface area contributed by atoms with Gasteiger partial charge in [-0.1, -0.05) is 23.7 Å². The average molecular weight is 631 g/mol. The summed E-state index contributed by atoms with van der Waals surface area (Å²) in [5.41, 5.74) is 2.94. The molecule has 1 aliphatic rings. The van der Waals surface area contributed by atoms with Crippen molar-refractivity contribution in [2.75, 3.05) is 43.4 Å². The van der Waals surface area contributed by atoms with E-state index in [2.05, 4.69) is 55.3 Å². The van der Waals surface area contributed by atoms with Crippen molar-refractivity contribution in [3.8, 4) is 5.75 Å². The first-order valence-electron chi connectivity index (χ1n) is 13.1. The van der Waals surface area contributed by atoms with Crippen LogP contribution in [0, 0.1) is 0 Å². The topological polar surface area (TPSA) is 104 Å². The molecule has 1 fully saturated rings. The van der Waals surface area contributed by atoms with Gasteiger partial charge in [0.1, 0.15) is 29.3 Å². The Hall–Kier alpha value is -4.20. The standard InChI is InChI=1S/C27H25ClN6OS.C2HF3O2/c1-33-10-12-34(13-11-33)20-6-7-21-24(15-20)36-27-25(21)26(30-17-31-27)32-18-5-8-23(22(28)14-18)35-16-19-4-2-3-9-29-19;3-2(4,5)1(6)7/h2-9,14-15,17H,10-13,16H2,1H3,(H,30,31,32);(H,6,7). The first-order chi connectivity index (χ1) is 20.6. The van der Waals surface area contributed by atoms with Crippen LogP contribution in [0.1, 0.15) is 5.69 Å². The monoisotopic (exact) mass is 630 g/mol. The van der Waals surface area contributed by atoms with Crippen LogP contribution < -0.4 is 15.0 Å². The zero-order valence-corrected chi connectivity index (χ0v) is 24.4. The molecule has 224 valence electrons. The number of hydrogen-bond donors (Lipinski definition) is 2. The van der Waals surface area contributed by atoms with Crippen molar-refractivity contribution in [1.29, 1.82) is 0 Å². The highest BCUT2D eigenvalue weighted by molar-refractivity contribution is 7.25. The second-order valence-electron chi connectivity index (χ2n) is 9.66. The number of nitrogens with zero attached hydrogens (tertiary/aromatic N) is 5. The number of aromatic nitrogens is 3. The number of pyridine rings is 1. The molecule has 4 heterocycles. The molecule has 9 nitrogen and oxygen atoms in total. The number of nitrogens with one attached hydrogen (secondary N) is 1. The predicted octanol–water partition coefficient (Wildman–Crippen LogP) is 6.60. The number of carboxylic acid groups (broad SMARTS) is 1. The average Bonchev–Trinajstić information content (AvgIpc) is 3.36. The van der Waals surface area contributed by atoms with Crippen molar-refractivity contribution in [1.82, 2.24) is 19.9 Å². The van der Waals surface area contributed by atoms with E-state index in [-0.39, 0.29) is 0 Å². The summed E-state index contributed by atoms with van der Waals surface area (Å²) >= 11 is 8.23. The number of hydrogen-bond acceptors (Lipinski definition) is 9. The summed E-state index contributed by atoms with van der Waals surface area (Å²) in [6.45, 7) is 4.61. The molecule has 0 atom stereocenters. The van der Waals surface area contributed by atoms with Gasteiger partial charge in [0.05, 0.1) is 16.1 Å². The summed E-state index contributed by atoms with van der Waals surface area (Å²) in [6, 6.07) is 18.1. The smallest absolute Gasteiger partial charge is 0.486 e. The highest BCUT2D eigenvalue weighted by atomic mass is 35.5. The second-order valence-corrected chi connectivity index (χ2v) is 11.1. The molecule has 0 amide bonds. The number of ether oxygens (including phenoxy) is 1. The van der Waals surface area contributed by atoms with Crippen molar-refractivity contribution in [3.63, 3.8) is 0 Å². The Labute approximate surface area is 253 Å². The normalized spacial score (nSPS) is 13.9. The number of carbonyl (C=O) groups is 1. The van der Waals surface area contributed by atoms with E-state index in [1.807, 2.05) is 36.4 Å². The van der Waals surface area contributed by atoms with Gasteiger partial charge in [0.25, 0.3) is 0 Å². The third-order valence-corrected chi connectivity index (χ3v) is 8.02. The maximum atomic E-state index is 10.6. The third-order valence-electron chi connectivity index (χ3n) is 6.66. The number of rotatable bonds is 6. The summed E-state index contributed by atoms with van der Waals surface area (Å²) < 4.78 is 38.8. The SMILES string of the molecule is CN1CCN(c2ccc3c(c2)sc2ncnc(Nc4ccc(OCc5ccccn5)c(Cl)c4)c23)CC1.O=C(O)C(F)(F)F. The Morgan fingerprint density at radius 3 is 2.51 bits per heavy atom. The van der Waals surface area contributed by atoms with Gasteiger partial charge in [-0.15, -0.1) is 11.3 Å². The number of likely N-dealkylation sites (N-methyl/N-ethyl adjacent to an activating group) is 1. The fraction of sp³-hybridized carbons (Fsp3) is 0.241. The molecule has 0 radical (unpaired) electrons. The van der Waals surface area contributed by atoms with Crippen molar-refractivity contribution < 1.29 is 27.8 Å². The van der Waals surface area contributed by atoms with E-state index in [4.69, 9.17) is 26.2 Å². The Bertz CT molecular complexity index is 1730. The first-order valence-corrected chi connectivity index (χ1v) is 14.3. The Kier molecular flexibility index (Phi) is 9.14. The molecular weight excluding hydrogens is 605 g/mol. The number of thiophene rings is 1. The lowest BCUT2D eigenvalue weighted by atomic mass is 10.1. The third kappa shape index (κ3) is 7.42. The van der Waals surface area contributed by atoms with Crippen molar-refractivity contribution >= 4 is 66.4 Å². The minimum atomic E-state index is -5.08. The first kappa shape index (κ1) is 30.3. The van der Waals surface area contributed by atoms with Crippen LogP contribution in [0.15, 0.2) is 67.1 Å². The summed E-state index contributed by atoms with van der Waals surface area (Å²) in [5.74, 6) is -1.39. The summed E-state index contributed by atoms with van der Waals surface area (Å²) in [4.78, 5) is 28.1. The molecule has 0 unspecified atom stereocenters. The van der Waals surface area contributed by atoms with Gasteiger partial charge in [0.15, 0.2) is 0 Å². The number of fused-ring (bicyclic) bond motifs is 3. The van der Waals surface area contributed by atoms with Gasteiger partial charge in [0, 0.05) is 53.8 Å². The van der Waals surface area contributed by atoms with E-state index in [0.717, 1.165) is 59.0 Å². The Morgan fingerprint density at radius 1 is 1.07 bits per heavy atom. The van der Waals surface area contributed by atoms with E-state index in [1.165, 1.54) is 10.4 Å². The predicted molar refractivity (Wildman–Crippen MR) is 162 cm³/mol. The Balaban J connectivity index is 0.000000472. The minimum absolute atomic E-state index is 0.358. The Morgan fingerprint density at radius 2 is 1.84 bits per heavy atom.